The van der Waals surface area contributed by atoms with Gasteiger partial charge < -0.3 is 20.1 Å². The molecule has 0 unspecified atom stereocenters. The van der Waals surface area contributed by atoms with Crippen molar-refractivity contribution < 1.29 is 19.0 Å². The Kier molecular flexibility index (Phi) is 8.09. The standard InChI is InChI=1S/C34H37ClFN3O3/c1-34(2)19-24-17-22(21-5-9-25(36)10-6-21)7-13-27(24)31(38-34)33(41)37-29(20-39-15-3-4-16-39)32(40)23-8-14-30(28(35)18-23)42-26-11-12-26/h5-10,13-14,17-18,26,29,32,40H,3-4,11-12,15-16,19-20H2,1-2H3,(H,37,41)/t29-,32-/m1/s1. The number of aliphatic imine (C=N–C) groups is 1. The molecule has 6 rings (SSSR count). The van der Waals surface area contributed by atoms with Gasteiger partial charge in [0, 0.05) is 12.1 Å². The molecule has 2 N–H and O–H groups in total. The molecular formula is C34H37ClFN3O3. The van der Waals surface area contributed by atoms with Crippen LogP contribution < -0.4 is 10.1 Å². The van der Waals surface area contributed by atoms with E-state index in [1.54, 1.807) is 24.3 Å². The summed E-state index contributed by atoms with van der Waals surface area (Å²) in [5.41, 5.74) is 4.15. The van der Waals surface area contributed by atoms with Crippen molar-refractivity contribution in [3.8, 4) is 16.9 Å². The molecule has 0 spiro atoms. The van der Waals surface area contributed by atoms with E-state index >= 15 is 0 Å². The molecule has 3 aliphatic rings. The molecule has 0 bridgehead atoms. The van der Waals surface area contributed by atoms with Gasteiger partial charge in [-0.25, -0.2) is 4.39 Å². The first-order valence-electron chi connectivity index (χ1n) is 14.8. The van der Waals surface area contributed by atoms with Crippen LogP contribution in [0.15, 0.2) is 65.7 Å². The predicted molar refractivity (Wildman–Crippen MR) is 164 cm³/mol. The van der Waals surface area contributed by atoms with E-state index in [-0.39, 0.29) is 17.8 Å². The van der Waals surface area contributed by atoms with E-state index in [4.69, 9.17) is 21.3 Å². The minimum Gasteiger partial charge on any atom is -0.489 e. The Labute approximate surface area is 251 Å². The number of fused-ring (bicyclic) bond motifs is 1. The van der Waals surface area contributed by atoms with Gasteiger partial charge in [-0.05, 0) is 106 Å². The van der Waals surface area contributed by atoms with Gasteiger partial charge in [-0.2, -0.15) is 0 Å². The van der Waals surface area contributed by atoms with Crippen LogP contribution >= 0.6 is 11.6 Å². The number of aliphatic hydroxyl groups excluding tert-OH is 1. The van der Waals surface area contributed by atoms with Gasteiger partial charge in [-0.1, -0.05) is 48.0 Å². The molecule has 1 aliphatic carbocycles. The molecule has 42 heavy (non-hydrogen) atoms. The van der Waals surface area contributed by atoms with Crippen LogP contribution in [0.5, 0.6) is 5.75 Å². The van der Waals surface area contributed by atoms with Crippen LogP contribution in [0.4, 0.5) is 4.39 Å². The van der Waals surface area contributed by atoms with Crippen LogP contribution in [0.1, 0.15) is 62.3 Å². The van der Waals surface area contributed by atoms with Crippen molar-refractivity contribution in [3.05, 3.63) is 88.2 Å². The number of nitrogens with zero attached hydrogens (tertiary/aromatic N) is 2. The highest BCUT2D eigenvalue weighted by atomic mass is 35.5. The molecular weight excluding hydrogens is 553 g/mol. The first-order valence-corrected chi connectivity index (χ1v) is 15.2. The molecule has 2 heterocycles. The van der Waals surface area contributed by atoms with Crippen molar-refractivity contribution in [1.29, 1.82) is 0 Å². The molecule has 0 radical (unpaired) electrons. The van der Waals surface area contributed by atoms with E-state index in [1.807, 2.05) is 32.0 Å². The van der Waals surface area contributed by atoms with Gasteiger partial charge in [0.05, 0.1) is 22.7 Å². The molecule has 1 saturated carbocycles. The van der Waals surface area contributed by atoms with E-state index in [1.165, 1.54) is 12.1 Å². The number of ether oxygens (including phenoxy) is 1. The molecule has 220 valence electrons. The lowest BCUT2D eigenvalue weighted by Gasteiger charge is -2.32. The van der Waals surface area contributed by atoms with Gasteiger partial charge >= 0.3 is 0 Å². The summed E-state index contributed by atoms with van der Waals surface area (Å²) in [4.78, 5) is 21.1. The number of amides is 1. The van der Waals surface area contributed by atoms with Gasteiger partial charge in [0.2, 0.25) is 0 Å². The number of hydrogen-bond donors (Lipinski definition) is 2. The SMILES string of the molecule is CC1(C)Cc2cc(-c3ccc(F)cc3)ccc2C(C(=O)N[C@H](CN2CCCC2)[C@H](O)c2ccc(OC3CC3)c(Cl)c2)=N1. The molecule has 3 aromatic carbocycles. The van der Waals surface area contributed by atoms with Crippen molar-refractivity contribution in [2.24, 2.45) is 4.99 Å². The van der Waals surface area contributed by atoms with Crippen molar-refractivity contribution in [1.82, 2.24) is 10.2 Å². The number of halogens is 2. The first kappa shape index (κ1) is 28.8. The van der Waals surface area contributed by atoms with E-state index in [0.717, 1.165) is 61.0 Å². The van der Waals surface area contributed by atoms with E-state index in [0.29, 0.717) is 35.0 Å². The fourth-order valence-corrected chi connectivity index (χ4v) is 6.17. The van der Waals surface area contributed by atoms with Crippen molar-refractivity contribution in [3.63, 3.8) is 0 Å². The molecule has 8 heteroatoms. The summed E-state index contributed by atoms with van der Waals surface area (Å²) < 4.78 is 19.4. The van der Waals surface area contributed by atoms with E-state index in [9.17, 15) is 14.3 Å². The number of hydrogen-bond acceptors (Lipinski definition) is 5. The largest absolute Gasteiger partial charge is 0.489 e. The van der Waals surface area contributed by atoms with E-state index < -0.39 is 17.7 Å². The summed E-state index contributed by atoms with van der Waals surface area (Å²) in [6.07, 6.45) is 4.17. The highest BCUT2D eigenvalue weighted by molar-refractivity contribution is 6.46. The summed E-state index contributed by atoms with van der Waals surface area (Å²) in [6.45, 7) is 6.39. The maximum absolute atomic E-state index is 14.0. The third-order valence-electron chi connectivity index (χ3n) is 8.26. The molecule has 1 saturated heterocycles. The van der Waals surface area contributed by atoms with Crippen LogP contribution in [0.2, 0.25) is 5.02 Å². The smallest absolute Gasteiger partial charge is 0.270 e. The van der Waals surface area contributed by atoms with Gasteiger partial charge in [0.25, 0.3) is 5.91 Å². The summed E-state index contributed by atoms with van der Waals surface area (Å²) >= 11 is 6.53. The lowest BCUT2D eigenvalue weighted by Crippen LogP contribution is -2.50. The Bertz CT molecular complexity index is 1500. The Morgan fingerprint density at radius 2 is 1.81 bits per heavy atom. The van der Waals surface area contributed by atoms with Crippen molar-refractivity contribution >= 4 is 23.2 Å². The fraction of sp³-hybridized carbons (Fsp3) is 0.412. The molecule has 1 amide bonds. The second kappa shape index (κ2) is 11.8. The molecule has 3 aromatic rings. The van der Waals surface area contributed by atoms with Gasteiger partial charge in [-0.15, -0.1) is 0 Å². The van der Waals surface area contributed by atoms with E-state index in [2.05, 4.69) is 16.3 Å². The van der Waals surface area contributed by atoms with Crippen LogP contribution in [0.25, 0.3) is 11.1 Å². The number of rotatable bonds is 9. The Hall–Kier alpha value is -3.26. The number of carbonyl (C=O) groups is 1. The van der Waals surface area contributed by atoms with Gasteiger partial charge in [0.1, 0.15) is 23.4 Å². The van der Waals surface area contributed by atoms with Gasteiger partial charge in [0.15, 0.2) is 0 Å². The second-order valence-electron chi connectivity index (χ2n) is 12.4. The van der Waals surface area contributed by atoms with Crippen molar-refractivity contribution in [2.75, 3.05) is 19.6 Å². The fourth-order valence-electron chi connectivity index (χ4n) is 5.93. The Morgan fingerprint density at radius 1 is 1.10 bits per heavy atom. The summed E-state index contributed by atoms with van der Waals surface area (Å²) in [6, 6.07) is 17.1. The molecule has 2 fully saturated rings. The quantitative estimate of drug-likeness (QED) is 0.315. The topological polar surface area (TPSA) is 74.2 Å². The number of benzene rings is 3. The zero-order valence-corrected chi connectivity index (χ0v) is 24.8. The minimum absolute atomic E-state index is 0.218. The normalized spacial score (nSPS) is 19.5. The zero-order valence-electron chi connectivity index (χ0n) is 24.1. The third kappa shape index (κ3) is 6.54. The molecule has 0 aromatic heterocycles. The average Bonchev–Trinajstić information content (AvgIpc) is 3.63. The average molecular weight is 590 g/mol. The minimum atomic E-state index is -0.973. The van der Waals surface area contributed by atoms with Gasteiger partial charge in [-0.3, -0.25) is 9.79 Å². The maximum atomic E-state index is 14.0. The summed E-state index contributed by atoms with van der Waals surface area (Å²) in [5, 5.41) is 15.2. The predicted octanol–water partition coefficient (Wildman–Crippen LogP) is 6.13. The van der Waals surface area contributed by atoms with Crippen LogP contribution in [-0.2, 0) is 11.2 Å². The molecule has 2 aliphatic heterocycles. The lowest BCUT2D eigenvalue weighted by molar-refractivity contribution is -0.116. The zero-order chi connectivity index (χ0) is 29.4. The Balaban J connectivity index is 1.26. The Morgan fingerprint density at radius 3 is 2.50 bits per heavy atom. The number of nitrogens with one attached hydrogen (secondary N) is 1. The molecule has 2 atom stereocenters. The number of aliphatic hydroxyl groups is 1. The number of likely N-dealkylation sites (tertiary alicyclic amines) is 1. The molecule has 6 nitrogen and oxygen atoms in total. The summed E-state index contributed by atoms with van der Waals surface area (Å²) in [5.74, 6) is 0.0200. The lowest BCUT2D eigenvalue weighted by atomic mass is 9.85. The van der Waals surface area contributed by atoms with Crippen LogP contribution in [-0.4, -0.2) is 58.9 Å². The van der Waals surface area contributed by atoms with Crippen molar-refractivity contribution in [2.45, 2.75) is 69.7 Å². The highest BCUT2D eigenvalue weighted by Gasteiger charge is 2.34. The maximum Gasteiger partial charge on any atom is 0.270 e. The van der Waals surface area contributed by atoms with Crippen LogP contribution in [0, 0.1) is 5.82 Å². The third-order valence-corrected chi connectivity index (χ3v) is 8.55. The summed E-state index contributed by atoms with van der Waals surface area (Å²) in [7, 11) is 0. The second-order valence-corrected chi connectivity index (χ2v) is 12.8. The highest BCUT2D eigenvalue weighted by Crippen LogP contribution is 2.35. The number of carbonyl (C=O) groups excluding carboxylic acids is 1. The monoisotopic (exact) mass is 589 g/mol. The van der Waals surface area contributed by atoms with Crippen LogP contribution in [0.3, 0.4) is 0 Å². The first-order chi connectivity index (χ1) is 20.1.